The van der Waals surface area contributed by atoms with E-state index in [-0.39, 0.29) is 11.9 Å². The predicted molar refractivity (Wildman–Crippen MR) is 86.5 cm³/mol. The summed E-state index contributed by atoms with van der Waals surface area (Å²) >= 11 is 0. The fourth-order valence-corrected chi connectivity index (χ4v) is 3.58. The average Bonchev–Trinajstić information content (AvgIpc) is 2.61. The summed E-state index contributed by atoms with van der Waals surface area (Å²) in [6.45, 7) is 3.24. The quantitative estimate of drug-likeness (QED) is 0.892. The SMILES string of the molecule is COc1cc(OC)c(C(=O)N[C@@H]2CN3CCC2CC3)cc1OC. The number of amides is 1. The van der Waals surface area contributed by atoms with E-state index in [0.29, 0.717) is 28.7 Å². The molecule has 0 aliphatic carbocycles. The Morgan fingerprint density at radius 1 is 1.04 bits per heavy atom. The van der Waals surface area contributed by atoms with Crippen molar-refractivity contribution in [3.05, 3.63) is 17.7 Å². The van der Waals surface area contributed by atoms with Crippen molar-refractivity contribution in [3.8, 4) is 17.2 Å². The van der Waals surface area contributed by atoms with Crippen LogP contribution in [0.1, 0.15) is 23.2 Å². The Labute approximate surface area is 136 Å². The van der Waals surface area contributed by atoms with Crippen LogP contribution in [-0.2, 0) is 0 Å². The topological polar surface area (TPSA) is 60.0 Å². The van der Waals surface area contributed by atoms with E-state index < -0.39 is 0 Å². The fourth-order valence-electron chi connectivity index (χ4n) is 3.58. The van der Waals surface area contributed by atoms with Gasteiger partial charge in [0.05, 0.1) is 26.9 Å². The molecule has 3 heterocycles. The van der Waals surface area contributed by atoms with Gasteiger partial charge in [0.2, 0.25) is 0 Å². The van der Waals surface area contributed by atoms with Gasteiger partial charge >= 0.3 is 0 Å². The highest BCUT2D eigenvalue weighted by Crippen LogP contribution is 2.35. The monoisotopic (exact) mass is 320 g/mol. The molecule has 0 unspecified atom stereocenters. The smallest absolute Gasteiger partial charge is 0.255 e. The van der Waals surface area contributed by atoms with Gasteiger partial charge in [0, 0.05) is 24.7 Å². The molecule has 0 saturated carbocycles. The molecule has 3 saturated heterocycles. The van der Waals surface area contributed by atoms with Crippen molar-refractivity contribution in [3.63, 3.8) is 0 Å². The van der Waals surface area contributed by atoms with Crippen LogP contribution in [0.2, 0.25) is 0 Å². The molecule has 1 aromatic carbocycles. The molecule has 0 spiro atoms. The van der Waals surface area contributed by atoms with E-state index in [9.17, 15) is 4.79 Å². The third-order valence-corrected chi connectivity index (χ3v) is 4.92. The van der Waals surface area contributed by atoms with Crippen molar-refractivity contribution in [1.29, 1.82) is 0 Å². The molecule has 1 atom stereocenters. The Balaban J connectivity index is 1.81. The molecule has 3 aliphatic heterocycles. The largest absolute Gasteiger partial charge is 0.496 e. The maximum absolute atomic E-state index is 12.7. The number of carbonyl (C=O) groups excluding carboxylic acids is 1. The number of hydrogen-bond donors (Lipinski definition) is 1. The Morgan fingerprint density at radius 2 is 1.65 bits per heavy atom. The predicted octanol–water partition coefficient (Wildman–Crippen LogP) is 1.54. The summed E-state index contributed by atoms with van der Waals surface area (Å²) in [6, 6.07) is 3.57. The highest BCUT2D eigenvalue weighted by atomic mass is 16.5. The zero-order chi connectivity index (χ0) is 16.4. The van der Waals surface area contributed by atoms with E-state index in [0.717, 1.165) is 32.5 Å². The normalized spacial score (nSPS) is 25.8. The van der Waals surface area contributed by atoms with Gasteiger partial charge in [-0.2, -0.15) is 0 Å². The van der Waals surface area contributed by atoms with Gasteiger partial charge in [0.25, 0.3) is 5.91 Å². The van der Waals surface area contributed by atoms with Crippen LogP contribution in [0, 0.1) is 5.92 Å². The van der Waals surface area contributed by atoms with Crippen LogP contribution >= 0.6 is 0 Å². The second-order valence-corrected chi connectivity index (χ2v) is 6.13. The lowest BCUT2D eigenvalue weighted by molar-refractivity contribution is 0.0619. The van der Waals surface area contributed by atoms with Gasteiger partial charge in [-0.15, -0.1) is 0 Å². The minimum Gasteiger partial charge on any atom is -0.496 e. The molecule has 2 bridgehead atoms. The first-order valence-electron chi connectivity index (χ1n) is 7.99. The van der Waals surface area contributed by atoms with Crippen molar-refractivity contribution in [2.75, 3.05) is 41.0 Å². The number of nitrogens with one attached hydrogen (secondary N) is 1. The van der Waals surface area contributed by atoms with Crippen LogP contribution in [0.25, 0.3) is 0 Å². The molecule has 1 aromatic rings. The lowest BCUT2D eigenvalue weighted by Crippen LogP contribution is -2.57. The lowest BCUT2D eigenvalue weighted by Gasteiger charge is -2.44. The van der Waals surface area contributed by atoms with Gasteiger partial charge in [-0.1, -0.05) is 0 Å². The van der Waals surface area contributed by atoms with Crippen LogP contribution < -0.4 is 19.5 Å². The maximum atomic E-state index is 12.7. The third kappa shape index (κ3) is 3.08. The molecule has 3 aliphatic rings. The zero-order valence-electron chi connectivity index (χ0n) is 13.9. The molecule has 126 valence electrons. The van der Waals surface area contributed by atoms with E-state index in [1.54, 1.807) is 33.5 Å². The number of hydrogen-bond acceptors (Lipinski definition) is 5. The summed E-state index contributed by atoms with van der Waals surface area (Å²) in [5, 5.41) is 3.17. The number of ether oxygens (including phenoxy) is 3. The molecular weight excluding hydrogens is 296 g/mol. The highest BCUT2D eigenvalue weighted by molar-refractivity contribution is 5.98. The minimum absolute atomic E-state index is 0.124. The molecule has 6 heteroatoms. The molecule has 4 rings (SSSR count). The van der Waals surface area contributed by atoms with Gasteiger partial charge in [-0.05, 0) is 31.8 Å². The first kappa shape index (κ1) is 15.9. The van der Waals surface area contributed by atoms with Gasteiger partial charge in [0.1, 0.15) is 5.75 Å². The number of carbonyl (C=O) groups is 1. The Hall–Kier alpha value is -1.95. The Bertz CT molecular complexity index is 582. The summed E-state index contributed by atoms with van der Waals surface area (Å²) in [5.41, 5.74) is 0.474. The van der Waals surface area contributed by atoms with E-state index in [2.05, 4.69) is 10.2 Å². The fraction of sp³-hybridized carbons (Fsp3) is 0.588. The molecule has 0 aromatic heterocycles. The van der Waals surface area contributed by atoms with E-state index in [4.69, 9.17) is 14.2 Å². The number of rotatable bonds is 5. The Kier molecular flexibility index (Phi) is 4.61. The number of methoxy groups -OCH3 is 3. The van der Waals surface area contributed by atoms with Crippen LogP contribution in [0.3, 0.4) is 0 Å². The number of nitrogens with zero attached hydrogens (tertiary/aromatic N) is 1. The number of benzene rings is 1. The molecular formula is C17H24N2O4. The van der Waals surface area contributed by atoms with Gasteiger partial charge in [-0.3, -0.25) is 4.79 Å². The summed E-state index contributed by atoms with van der Waals surface area (Å²) in [5.74, 6) is 2.01. The summed E-state index contributed by atoms with van der Waals surface area (Å²) in [7, 11) is 4.66. The maximum Gasteiger partial charge on any atom is 0.255 e. The van der Waals surface area contributed by atoms with Crippen molar-refractivity contribution < 1.29 is 19.0 Å². The summed E-state index contributed by atoms with van der Waals surface area (Å²) in [6.07, 6.45) is 2.32. The van der Waals surface area contributed by atoms with Crippen LogP contribution in [0.5, 0.6) is 17.2 Å². The van der Waals surface area contributed by atoms with Crippen LogP contribution in [-0.4, -0.2) is 57.8 Å². The molecule has 23 heavy (non-hydrogen) atoms. The number of fused-ring (bicyclic) bond motifs is 3. The van der Waals surface area contributed by atoms with Crippen molar-refractivity contribution in [2.24, 2.45) is 5.92 Å². The molecule has 3 fully saturated rings. The molecule has 1 amide bonds. The summed E-state index contributed by atoms with van der Waals surface area (Å²) < 4.78 is 15.9. The van der Waals surface area contributed by atoms with Gasteiger partial charge < -0.3 is 24.4 Å². The van der Waals surface area contributed by atoms with Crippen LogP contribution in [0.15, 0.2) is 12.1 Å². The highest BCUT2D eigenvalue weighted by Gasteiger charge is 2.35. The second-order valence-electron chi connectivity index (χ2n) is 6.13. The van der Waals surface area contributed by atoms with Gasteiger partial charge in [-0.25, -0.2) is 0 Å². The zero-order valence-corrected chi connectivity index (χ0v) is 13.9. The average molecular weight is 320 g/mol. The first-order chi connectivity index (χ1) is 11.2. The van der Waals surface area contributed by atoms with E-state index >= 15 is 0 Å². The van der Waals surface area contributed by atoms with Crippen LogP contribution in [0.4, 0.5) is 0 Å². The molecule has 6 nitrogen and oxygen atoms in total. The van der Waals surface area contributed by atoms with Gasteiger partial charge in [0.15, 0.2) is 11.5 Å². The van der Waals surface area contributed by atoms with Crippen molar-refractivity contribution in [2.45, 2.75) is 18.9 Å². The van der Waals surface area contributed by atoms with E-state index in [1.165, 1.54) is 0 Å². The van der Waals surface area contributed by atoms with Crippen molar-refractivity contribution >= 4 is 5.91 Å². The van der Waals surface area contributed by atoms with Crippen molar-refractivity contribution in [1.82, 2.24) is 10.2 Å². The standard InChI is InChI=1S/C17H24N2O4/c1-21-14-9-16(23-3)15(22-2)8-12(14)17(20)18-13-10-19-6-4-11(13)5-7-19/h8-9,11,13H,4-7,10H2,1-3H3,(H,18,20)/t13-/m1/s1. The number of piperidine rings is 3. The summed E-state index contributed by atoms with van der Waals surface area (Å²) in [4.78, 5) is 15.1. The third-order valence-electron chi connectivity index (χ3n) is 4.92. The minimum atomic E-state index is -0.124. The second kappa shape index (κ2) is 6.66. The Morgan fingerprint density at radius 3 is 2.17 bits per heavy atom. The lowest BCUT2D eigenvalue weighted by atomic mass is 9.84. The molecule has 0 radical (unpaired) electrons. The first-order valence-corrected chi connectivity index (χ1v) is 7.99. The molecule has 1 N–H and O–H groups in total. The van der Waals surface area contributed by atoms with E-state index in [1.807, 2.05) is 0 Å².